The number of nitrogens with two attached hydrogens (primary N) is 1. The number of likely N-dealkylation sites (tertiary alicyclic amines) is 1. The number of piperidine rings is 1. The van der Waals surface area contributed by atoms with Crippen molar-refractivity contribution in [2.75, 3.05) is 31.6 Å². The first-order valence-corrected chi connectivity index (χ1v) is 9.91. The zero-order valence-electron chi connectivity index (χ0n) is 16.6. The van der Waals surface area contributed by atoms with Gasteiger partial charge in [0.15, 0.2) is 0 Å². The van der Waals surface area contributed by atoms with Gasteiger partial charge in [-0.25, -0.2) is 4.98 Å². The van der Waals surface area contributed by atoms with Gasteiger partial charge < -0.3 is 20.3 Å². The van der Waals surface area contributed by atoms with E-state index in [1.807, 2.05) is 31.2 Å². The average Bonchev–Trinajstić information content (AvgIpc) is 2.68. The molecular weight excluding hydrogens is 376 g/mol. The van der Waals surface area contributed by atoms with Gasteiger partial charge >= 0.3 is 0 Å². The monoisotopic (exact) mass is 402 g/mol. The van der Waals surface area contributed by atoms with E-state index in [0.29, 0.717) is 10.9 Å². The number of para-hydroxylation sites is 1. The van der Waals surface area contributed by atoms with E-state index in [-0.39, 0.29) is 18.0 Å². The Morgan fingerprint density at radius 3 is 2.71 bits per heavy atom. The molecule has 0 bridgehead atoms. The summed E-state index contributed by atoms with van der Waals surface area (Å²) in [5.41, 5.74) is 7.70. The van der Waals surface area contributed by atoms with Gasteiger partial charge in [0, 0.05) is 31.9 Å². The molecule has 0 unspecified atom stereocenters. The summed E-state index contributed by atoms with van der Waals surface area (Å²) in [6.07, 6.45) is 2.15. The third-order valence-electron chi connectivity index (χ3n) is 4.86. The van der Waals surface area contributed by atoms with Crippen LogP contribution >= 0.6 is 11.6 Å². The average molecular weight is 403 g/mol. The van der Waals surface area contributed by atoms with E-state index in [1.165, 1.54) is 0 Å². The number of ether oxygens (including phenoxy) is 1. The molecule has 2 N–H and O–H groups in total. The normalized spacial score (nSPS) is 16.2. The minimum absolute atomic E-state index is 0.164. The number of anilines is 1. The highest BCUT2D eigenvalue weighted by Crippen LogP contribution is 2.25. The second-order valence-electron chi connectivity index (χ2n) is 6.88. The molecule has 150 valence electrons. The van der Waals surface area contributed by atoms with Crippen molar-refractivity contribution in [1.29, 1.82) is 0 Å². The predicted molar refractivity (Wildman–Crippen MR) is 114 cm³/mol. The lowest BCUT2D eigenvalue weighted by Gasteiger charge is -2.30. The first-order chi connectivity index (χ1) is 13.5. The number of benzene rings is 1. The van der Waals surface area contributed by atoms with E-state index in [2.05, 4.69) is 26.8 Å². The largest absolute Gasteiger partial charge is 0.474 e. The van der Waals surface area contributed by atoms with Crippen LogP contribution in [-0.4, -0.2) is 53.6 Å². The minimum atomic E-state index is 0.164. The van der Waals surface area contributed by atoms with Crippen LogP contribution in [-0.2, 0) is 0 Å². The number of rotatable bonds is 5. The van der Waals surface area contributed by atoms with Gasteiger partial charge in [0.1, 0.15) is 6.10 Å². The molecule has 2 aromatic rings. The van der Waals surface area contributed by atoms with Crippen LogP contribution in [0.3, 0.4) is 0 Å². The van der Waals surface area contributed by atoms with E-state index in [1.54, 1.807) is 18.0 Å². The fraction of sp³-hybridized carbons (Fsp3) is 0.450. The van der Waals surface area contributed by atoms with Crippen LogP contribution in [0.25, 0.3) is 0 Å². The van der Waals surface area contributed by atoms with Crippen molar-refractivity contribution in [3.05, 3.63) is 41.0 Å². The van der Waals surface area contributed by atoms with Crippen LogP contribution < -0.4 is 15.4 Å². The van der Waals surface area contributed by atoms with Crippen LogP contribution in [0.2, 0.25) is 5.02 Å². The fourth-order valence-corrected chi connectivity index (χ4v) is 3.44. The van der Waals surface area contributed by atoms with E-state index >= 15 is 0 Å². The molecule has 1 aliphatic heterocycles. The SMILES string of the molecule is CCN1CCC(Oc2cc(C)nc(N=C(N)N(C)c3ccccc3Cl)n2)CC1. The lowest BCUT2D eigenvalue weighted by atomic mass is 10.1. The van der Waals surface area contributed by atoms with Crippen LogP contribution in [0.4, 0.5) is 11.6 Å². The fourth-order valence-electron chi connectivity index (χ4n) is 3.17. The number of aliphatic imine (C=N–C) groups is 1. The second-order valence-corrected chi connectivity index (χ2v) is 7.29. The predicted octanol–water partition coefficient (Wildman–Crippen LogP) is 3.38. The lowest BCUT2D eigenvalue weighted by molar-refractivity contribution is 0.0997. The van der Waals surface area contributed by atoms with Gasteiger partial charge in [0.2, 0.25) is 11.8 Å². The smallest absolute Gasteiger partial charge is 0.256 e. The summed E-state index contributed by atoms with van der Waals surface area (Å²) < 4.78 is 6.09. The Kier molecular flexibility index (Phi) is 6.70. The summed E-state index contributed by atoms with van der Waals surface area (Å²) in [5.74, 6) is 1.06. The molecule has 0 amide bonds. The maximum absolute atomic E-state index is 6.24. The molecule has 1 aromatic heterocycles. The highest BCUT2D eigenvalue weighted by atomic mass is 35.5. The Hall–Kier alpha value is -2.38. The molecule has 3 rings (SSSR count). The number of hydrogen-bond acceptors (Lipinski definition) is 5. The highest BCUT2D eigenvalue weighted by Gasteiger charge is 2.20. The van der Waals surface area contributed by atoms with E-state index in [0.717, 1.165) is 43.9 Å². The summed E-state index contributed by atoms with van der Waals surface area (Å²) in [7, 11) is 1.80. The Bertz CT molecular complexity index is 835. The molecule has 7 nitrogen and oxygen atoms in total. The summed E-state index contributed by atoms with van der Waals surface area (Å²) in [4.78, 5) is 17.3. The quantitative estimate of drug-likeness (QED) is 0.610. The summed E-state index contributed by atoms with van der Waals surface area (Å²) >= 11 is 6.24. The first kappa shape index (κ1) is 20.4. The van der Waals surface area contributed by atoms with Gasteiger partial charge in [0.05, 0.1) is 10.7 Å². The summed E-state index contributed by atoms with van der Waals surface area (Å²) in [6, 6.07) is 9.27. The van der Waals surface area contributed by atoms with E-state index in [4.69, 9.17) is 22.1 Å². The Morgan fingerprint density at radius 2 is 2.04 bits per heavy atom. The van der Waals surface area contributed by atoms with Crippen LogP contribution in [0.1, 0.15) is 25.5 Å². The van der Waals surface area contributed by atoms with E-state index < -0.39 is 0 Å². The number of halogens is 1. The Morgan fingerprint density at radius 1 is 1.32 bits per heavy atom. The molecule has 2 heterocycles. The van der Waals surface area contributed by atoms with Crippen molar-refractivity contribution in [3.63, 3.8) is 0 Å². The van der Waals surface area contributed by atoms with Crippen LogP contribution in [0.15, 0.2) is 35.3 Å². The van der Waals surface area contributed by atoms with Crippen molar-refractivity contribution in [2.24, 2.45) is 10.7 Å². The number of aryl methyl sites for hydroxylation is 1. The van der Waals surface area contributed by atoms with Gasteiger partial charge in [-0.1, -0.05) is 30.7 Å². The minimum Gasteiger partial charge on any atom is -0.474 e. The molecule has 1 saturated heterocycles. The summed E-state index contributed by atoms with van der Waals surface area (Å²) in [6.45, 7) is 7.25. The second kappa shape index (κ2) is 9.21. The number of hydrogen-bond donors (Lipinski definition) is 1. The molecule has 0 radical (unpaired) electrons. The number of nitrogens with zero attached hydrogens (tertiary/aromatic N) is 5. The molecule has 0 saturated carbocycles. The molecule has 0 aliphatic carbocycles. The molecular formula is C20H27ClN6O. The lowest BCUT2D eigenvalue weighted by Crippen LogP contribution is -2.38. The van der Waals surface area contributed by atoms with Crippen molar-refractivity contribution in [1.82, 2.24) is 14.9 Å². The standard InChI is InChI=1S/C20H27ClN6O/c1-4-27-11-9-15(10-12-27)28-18-13-14(2)23-20(24-18)25-19(22)26(3)17-8-6-5-7-16(17)21/h5-8,13,15H,4,9-12H2,1-3H3,(H2,22,23,24,25). The Labute approximate surface area is 171 Å². The molecule has 1 aromatic carbocycles. The molecule has 8 heteroatoms. The van der Waals surface area contributed by atoms with Crippen molar-refractivity contribution in [2.45, 2.75) is 32.8 Å². The molecule has 1 fully saturated rings. The van der Waals surface area contributed by atoms with E-state index in [9.17, 15) is 0 Å². The topological polar surface area (TPSA) is 79.9 Å². The maximum atomic E-state index is 6.24. The molecule has 0 atom stereocenters. The van der Waals surface area contributed by atoms with Crippen LogP contribution in [0.5, 0.6) is 5.88 Å². The van der Waals surface area contributed by atoms with Crippen molar-refractivity contribution < 1.29 is 4.74 Å². The zero-order valence-corrected chi connectivity index (χ0v) is 17.4. The Balaban J connectivity index is 1.74. The maximum Gasteiger partial charge on any atom is 0.256 e. The van der Waals surface area contributed by atoms with Gasteiger partial charge in [0.25, 0.3) is 5.95 Å². The van der Waals surface area contributed by atoms with Crippen LogP contribution in [0, 0.1) is 6.92 Å². The number of aromatic nitrogens is 2. The number of guanidine groups is 1. The van der Waals surface area contributed by atoms with Gasteiger partial charge in [-0.05, 0) is 38.4 Å². The van der Waals surface area contributed by atoms with Crippen molar-refractivity contribution in [3.8, 4) is 5.88 Å². The highest BCUT2D eigenvalue weighted by molar-refractivity contribution is 6.33. The summed E-state index contributed by atoms with van der Waals surface area (Å²) in [5, 5.41) is 0.593. The van der Waals surface area contributed by atoms with Gasteiger partial charge in [-0.2, -0.15) is 9.98 Å². The van der Waals surface area contributed by atoms with Gasteiger partial charge in [-0.15, -0.1) is 0 Å². The third kappa shape index (κ3) is 5.11. The molecule has 28 heavy (non-hydrogen) atoms. The molecule has 0 spiro atoms. The first-order valence-electron chi connectivity index (χ1n) is 9.53. The van der Waals surface area contributed by atoms with Crippen molar-refractivity contribution >= 4 is 29.2 Å². The third-order valence-corrected chi connectivity index (χ3v) is 5.18. The van der Waals surface area contributed by atoms with Gasteiger partial charge in [-0.3, -0.25) is 0 Å². The molecule has 1 aliphatic rings. The zero-order chi connectivity index (χ0) is 20.1.